The van der Waals surface area contributed by atoms with Gasteiger partial charge < -0.3 is 24.1 Å². The molecule has 0 bridgehead atoms. The number of alkyl halides is 3. The second kappa shape index (κ2) is 9.77. The van der Waals surface area contributed by atoms with Crippen LogP contribution in [-0.4, -0.2) is 39.9 Å². The minimum Gasteiger partial charge on any atom is -0.493 e. The molecule has 2 aromatic carbocycles. The highest BCUT2D eigenvalue weighted by molar-refractivity contribution is 5.77. The van der Waals surface area contributed by atoms with Crippen molar-refractivity contribution >= 4 is 5.97 Å². The first-order valence-electron chi connectivity index (χ1n) is 10.4. The maximum absolute atomic E-state index is 12.5. The van der Waals surface area contributed by atoms with Crippen molar-refractivity contribution in [2.45, 2.75) is 46.3 Å². The average molecular weight is 494 g/mol. The molecule has 0 spiro atoms. The molecule has 35 heavy (non-hydrogen) atoms. The molecular weight excluding hydrogens is 469 g/mol. The summed E-state index contributed by atoms with van der Waals surface area (Å²) >= 11 is 0. The summed E-state index contributed by atoms with van der Waals surface area (Å²) in [5.74, 6) is -0.370. The maximum atomic E-state index is 12.5. The minimum absolute atomic E-state index is 0.0663. The molecule has 0 aliphatic heterocycles. The molecule has 1 aromatic heterocycles. The highest BCUT2D eigenvalue weighted by Gasteiger charge is 2.32. The van der Waals surface area contributed by atoms with Crippen LogP contribution in [-0.2, 0) is 11.4 Å². The van der Waals surface area contributed by atoms with Gasteiger partial charge in [0.15, 0.2) is 17.1 Å². The molecule has 1 heterocycles. The summed E-state index contributed by atoms with van der Waals surface area (Å²) in [4.78, 5) is 11.4. The fraction of sp³-hybridized carbons (Fsp3) is 0.333. The first-order chi connectivity index (χ1) is 16.3. The second-order valence-corrected chi connectivity index (χ2v) is 8.21. The molecule has 0 radical (unpaired) electrons. The SMILES string of the molecule is COc1cc(OC(C)(C)C(=O)O)c(C)cc1OCc1ccnn1-c1ccc(OC(F)(F)F)cc1C. The number of carboxylic acids is 1. The summed E-state index contributed by atoms with van der Waals surface area (Å²) in [6.45, 7) is 6.34. The van der Waals surface area contributed by atoms with Crippen LogP contribution < -0.4 is 18.9 Å². The number of aryl methyl sites for hydroxylation is 2. The summed E-state index contributed by atoms with van der Waals surface area (Å²) < 4.78 is 60.0. The molecule has 0 aliphatic rings. The Bertz CT molecular complexity index is 1220. The van der Waals surface area contributed by atoms with Crippen LogP contribution in [0.4, 0.5) is 13.2 Å². The number of hydrogen-bond acceptors (Lipinski definition) is 6. The third-order valence-corrected chi connectivity index (χ3v) is 5.07. The summed E-state index contributed by atoms with van der Waals surface area (Å²) in [6.07, 6.45) is -3.23. The normalized spacial score (nSPS) is 11.8. The zero-order valence-corrected chi connectivity index (χ0v) is 19.8. The molecule has 3 aromatic rings. The number of ether oxygens (including phenoxy) is 4. The number of carboxylic acid groups (broad SMARTS) is 1. The van der Waals surface area contributed by atoms with Crippen LogP contribution in [0.3, 0.4) is 0 Å². The second-order valence-electron chi connectivity index (χ2n) is 8.21. The van der Waals surface area contributed by atoms with E-state index in [1.165, 1.54) is 39.2 Å². The lowest BCUT2D eigenvalue weighted by Crippen LogP contribution is -2.38. The first kappa shape index (κ1) is 25.7. The summed E-state index contributed by atoms with van der Waals surface area (Å²) in [5, 5.41) is 13.6. The summed E-state index contributed by atoms with van der Waals surface area (Å²) in [7, 11) is 1.45. The van der Waals surface area contributed by atoms with Crippen molar-refractivity contribution < 1.29 is 42.0 Å². The molecule has 0 unspecified atom stereocenters. The number of nitrogens with zero attached hydrogens (tertiary/aromatic N) is 2. The van der Waals surface area contributed by atoms with E-state index in [9.17, 15) is 23.1 Å². The molecule has 3 rings (SSSR count). The van der Waals surface area contributed by atoms with Crippen LogP contribution in [0.1, 0.15) is 30.7 Å². The van der Waals surface area contributed by atoms with E-state index < -0.39 is 17.9 Å². The molecule has 0 aliphatic carbocycles. The fourth-order valence-electron chi connectivity index (χ4n) is 3.22. The van der Waals surface area contributed by atoms with E-state index in [0.717, 1.165) is 0 Å². The number of carbonyl (C=O) groups is 1. The van der Waals surface area contributed by atoms with Gasteiger partial charge in [0.25, 0.3) is 0 Å². The third kappa shape index (κ3) is 6.17. The van der Waals surface area contributed by atoms with Gasteiger partial charge >= 0.3 is 12.3 Å². The zero-order valence-electron chi connectivity index (χ0n) is 19.8. The number of methoxy groups -OCH3 is 1. The highest BCUT2D eigenvalue weighted by Crippen LogP contribution is 2.36. The van der Waals surface area contributed by atoms with Crippen LogP contribution in [0.2, 0.25) is 0 Å². The molecule has 11 heteroatoms. The maximum Gasteiger partial charge on any atom is 0.573 e. The van der Waals surface area contributed by atoms with E-state index in [0.29, 0.717) is 39.8 Å². The van der Waals surface area contributed by atoms with Crippen molar-refractivity contribution in [1.29, 1.82) is 0 Å². The molecule has 0 fully saturated rings. The largest absolute Gasteiger partial charge is 0.573 e. The standard InChI is InChI=1S/C24H25F3N2O6/c1-14-10-17(34-24(25,26)27)6-7-18(14)29-16(8-9-28-29)13-33-21-11-15(2)19(12-20(21)32-5)35-23(3,4)22(30)31/h6-12H,13H2,1-5H3,(H,30,31). The Hall–Kier alpha value is -3.89. The number of aliphatic carboxylic acids is 1. The number of aromatic nitrogens is 2. The van der Waals surface area contributed by atoms with Crippen LogP contribution in [0, 0.1) is 13.8 Å². The first-order valence-corrected chi connectivity index (χ1v) is 10.4. The molecule has 8 nitrogen and oxygen atoms in total. The lowest BCUT2D eigenvalue weighted by atomic mass is 10.1. The smallest absolute Gasteiger partial charge is 0.493 e. The van der Waals surface area contributed by atoms with Crippen molar-refractivity contribution in [3.05, 3.63) is 59.4 Å². The van der Waals surface area contributed by atoms with E-state index in [1.807, 2.05) is 0 Å². The van der Waals surface area contributed by atoms with Crippen LogP contribution >= 0.6 is 0 Å². The van der Waals surface area contributed by atoms with Gasteiger partial charge in [-0.15, -0.1) is 13.2 Å². The number of benzene rings is 2. The van der Waals surface area contributed by atoms with E-state index >= 15 is 0 Å². The third-order valence-electron chi connectivity index (χ3n) is 5.07. The van der Waals surface area contributed by atoms with E-state index in [-0.39, 0.29) is 12.4 Å². The lowest BCUT2D eigenvalue weighted by Gasteiger charge is -2.24. The molecule has 0 saturated heterocycles. The average Bonchev–Trinajstić information content (AvgIpc) is 3.20. The molecule has 0 saturated carbocycles. The Kier molecular flexibility index (Phi) is 7.18. The van der Waals surface area contributed by atoms with Crippen molar-refractivity contribution in [3.63, 3.8) is 0 Å². The van der Waals surface area contributed by atoms with Crippen molar-refractivity contribution in [1.82, 2.24) is 9.78 Å². The Morgan fingerprint density at radius 3 is 2.31 bits per heavy atom. The quantitative estimate of drug-likeness (QED) is 0.436. The predicted octanol–water partition coefficient (Wildman–Crippen LogP) is 5.22. The van der Waals surface area contributed by atoms with Crippen molar-refractivity contribution in [3.8, 4) is 28.7 Å². The van der Waals surface area contributed by atoms with Gasteiger partial charge in [-0.1, -0.05) is 0 Å². The Labute approximate surface area is 199 Å². The van der Waals surface area contributed by atoms with Gasteiger partial charge in [0.2, 0.25) is 0 Å². The monoisotopic (exact) mass is 494 g/mol. The van der Waals surface area contributed by atoms with Gasteiger partial charge in [-0.05, 0) is 69.2 Å². The summed E-state index contributed by atoms with van der Waals surface area (Å²) in [6, 6.07) is 8.90. The Morgan fingerprint density at radius 1 is 1.00 bits per heavy atom. The molecule has 1 N–H and O–H groups in total. The Balaban J connectivity index is 1.82. The number of hydrogen-bond donors (Lipinski definition) is 1. The lowest BCUT2D eigenvalue weighted by molar-refractivity contribution is -0.274. The topological polar surface area (TPSA) is 92.0 Å². The molecule has 0 atom stereocenters. The van der Waals surface area contributed by atoms with Crippen LogP contribution in [0.15, 0.2) is 42.6 Å². The molecular formula is C24H25F3N2O6. The molecule has 0 amide bonds. The zero-order chi connectivity index (χ0) is 26.0. The highest BCUT2D eigenvalue weighted by atomic mass is 19.4. The van der Waals surface area contributed by atoms with E-state index in [1.54, 1.807) is 42.9 Å². The van der Waals surface area contributed by atoms with Crippen molar-refractivity contribution in [2.75, 3.05) is 7.11 Å². The van der Waals surface area contributed by atoms with E-state index in [4.69, 9.17) is 14.2 Å². The van der Waals surface area contributed by atoms with Crippen LogP contribution in [0.5, 0.6) is 23.0 Å². The van der Waals surface area contributed by atoms with Gasteiger partial charge in [0.1, 0.15) is 18.1 Å². The number of rotatable bonds is 9. The fourth-order valence-corrected chi connectivity index (χ4v) is 3.22. The van der Waals surface area contributed by atoms with Gasteiger partial charge in [-0.2, -0.15) is 5.10 Å². The molecule has 188 valence electrons. The van der Waals surface area contributed by atoms with Gasteiger partial charge in [0, 0.05) is 12.3 Å². The minimum atomic E-state index is -4.78. The van der Waals surface area contributed by atoms with Crippen LogP contribution in [0.25, 0.3) is 5.69 Å². The van der Waals surface area contributed by atoms with Gasteiger partial charge in [-0.25, -0.2) is 9.48 Å². The Morgan fingerprint density at radius 2 is 1.71 bits per heavy atom. The predicted molar refractivity (Wildman–Crippen MR) is 119 cm³/mol. The summed E-state index contributed by atoms with van der Waals surface area (Å²) in [5.41, 5.74) is 0.909. The van der Waals surface area contributed by atoms with Gasteiger partial charge in [0.05, 0.1) is 18.5 Å². The number of halogens is 3. The van der Waals surface area contributed by atoms with Crippen molar-refractivity contribution in [2.24, 2.45) is 0 Å². The van der Waals surface area contributed by atoms with Gasteiger partial charge in [-0.3, -0.25) is 0 Å². The van der Waals surface area contributed by atoms with E-state index in [2.05, 4.69) is 9.84 Å².